The average Bonchev–Trinajstić information content (AvgIpc) is 3.26. The zero-order valence-corrected chi connectivity index (χ0v) is 23.1. The number of aliphatic hydroxyl groups is 1. The number of phenolic OH excluding ortho intramolecular Hbond substituents is 2. The molecule has 0 radical (unpaired) electrons. The summed E-state index contributed by atoms with van der Waals surface area (Å²) in [6.45, 7) is 1.02. The van der Waals surface area contributed by atoms with Crippen LogP contribution in [0, 0.1) is 0 Å². The van der Waals surface area contributed by atoms with Gasteiger partial charge in [0.25, 0.3) is 0 Å². The standard InChI is InChI=1S/C29H28O8S2/c1-14(31)35-10-22-19-3-4-20-26-15(6-18(32)8-25(26)36-13-30)5-17-12-39-38-11-16-7-23(33)24(34-2)9-21(16)28(22)37-29(19)27(17)20/h3-4,6-9,17,22,28,30,32-33H,5,10-13H2,1-2H3/t17-,22-,28-/m1/s1. The van der Waals surface area contributed by atoms with Crippen LogP contribution in [-0.4, -0.2) is 47.6 Å². The smallest absolute Gasteiger partial charge is 0.302 e. The van der Waals surface area contributed by atoms with Crippen LogP contribution in [0.5, 0.6) is 28.7 Å². The predicted molar refractivity (Wildman–Crippen MR) is 149 cm³/mol. The highest BCUT2D eigenvalue weighted by Gasteiger charge is 2.43. The fourth-order valence-electron chi connectivity index (χ4n) is 5.93. The molecule has 204 valence electrons. The highest BCUT2D eigenvalue weighted by molar-refractivity contribution is 8.76. The van der Waals surface area contributed by atoms with Gasteiger partial charge in [0.2, 0.25) is 0 Å². The quantitative estimate of drug-likeness (QED) is 0.209. The molecule has 0 amide bonds. The predicted octanol–water partition coefficient (Wildman–Crippen LogP) is 5.42. The Hall–Kier alpha value is -3.21. The molecular formula is C29H28O8S2. The highest BCUT2D eigenvalue weighted by atomic mass is 33.1. The summed E-state index contributed by atoms with van der Waals surface area (Å²) in [6, 6.07) is 10.9. The molecule has 3 atom stereocenters. The Bertz CT molecular complexity index is 1460. The number of fused-ring (bicyclic) bond motifs is 5. The molecule has 0 aromatic heterocycles. The molecule has 3 aliphatic rings. The molecule has 2 heterocycles. The summed E-state index contributed by atoms with van der Waals surface area (Å²) in [5.74, 6) is 2.56. The second-order valence-corrected chi connectivity index (χ2v) is 12.3. The van der Waals surface area contributed by atoms with Gasteiger partial charge in [-0.2, -0.15) is 0 Å². The van der Waals surface area contributed by atoms with Crippen molar-refractivity contribution in [3.63, 3.8) is 0 Å². The van der Waals surface area contributed by atoms with Gasteiger partial charge in [-0.1, -0.05) is 33.7 Å². The monoisotopic (exact) mass is 568 g/mol. The van der Waals surface area contributed by atoms with Gasteiger partial charge in [0.1, 0.15) is 30.0 Å². The lowest BCUT2D eigenvalue weighted by Crippen LogP contribution is -2.18. The van der Waals surface area contributed by atoms with Gasteiger partial charge in [-0.25, -0.2) is 0 Å². The SMILES string of the molecule is COc1cc2c(cc1O)CSSC[C@H]1Cc3cc(O)cc(OCO)c3-c3ccc4c(c31)O[C@H]2[C@@H]4COC(C)=O. The van der Waals surface area contributed by atoms with Crippen LogP contribution >= 0.6 is 21.6 Å². The summed E-state index contributed by atoms with van der Waals surface area (Å²) >= 11 is 0. The maximum Gasteiger partial charge on any atom is 0.302 e. The van der Waals surface area contributed by atoms with E-state index in [9.17, 15) is 20.1 Å². The largest absolute Gasteiger partial charge is 0.508 e. The van der Waals surface area contributed by atoms with Crippen molar-refractivity contribution < 1.29 is 39.1 Å². The number of benzene rings is 3. The molecule has 3 aromatic rings. The summed E-state index contributed by atoms with van der Waals surface area (Å²) in [4.78, 5) is 11.9. The van der Waals surface area contributed by atoms with Crippen LogP contribution in [0.4, 0.5) is 0 Å². The first-order chi connectivity index (χ1) is 18.9. The number of aromatic hydroxyl groups is 2. The van der Waals surface area contributed by atoms with Crippen molar-refractivity contribution in [1.29, 1.82) is 0 Å². The lowest BCUT2D eigenvalue weighted by Gasteiger charge is -2.30. The van der Waals surface area contributed by atoms with Crippen LogP contribution in [0.1, 0.15) is 52.7 Å². The molecular weight excluding hydrogens is 540 g/mol. The molecule has 3 N–H and O–H groups in total. The minimum Gasteiger partial charge on any atom is -0.508 e. The minimum atomic E-state index is -0.513. The Morgan fingerprint density at radius 3 is 2.69 bits per heavy atom. The third kappa shape index (κ3) is 4.54. The molecule has 10 heteroatoms. The molecule has 0 saturated heterocycles. The normalized spacial score (nSPS) is 20.6. The van der Waals surface area contributed by atoms with E-state index in [1.54, 1.807) is 33.7 Å². The first kappa shape index (κ1) is 26.0. The van der Waals surface area contributed by atoms with Crippen molar-refractivity contribution in [1.82, 2.24) is 0 Å². The van der Waals surface area contributed by atoms with Crippen molar-refractivity contribution in [2.75, 3.05) is 26.3 Å². The number of esters is 1. The maximum absolute atomic E-state index is 11.9. The van der Waals surface area contributed by atoms with Gasteiger partial charge in [0.05, 0.1) is 13.0 Å². The van der Waals surface area contributed by atoms with E-state index in [0.717, 1.165) is 50.4 Å². The van der Waals surface area contributed by atoms with Gasteiger partial charge in [0, 0.05) is 52.7 Å². The van der Waals surface area contributed by atoms with Crippen LogP contribution in [-0.2, 0) is 21.7 Å². The van der Waals surface area contributed by atoms with E-state index in [4.69, 9.17) is 18.9 Å². The first-order valence-corrected chi connectivity index (χ1v) is 15.1. The molecule has 6 rings (SSSR count). The lowest BCUT2D eigenvalue weighted by atomic mass is 9.77. The number of ether oxygens (including phenoxy) is 4. The fraction of sp³-hybridized carbons (Fsp3) is 0.345. The molecule has 0 fully saturated rings. The summed E-state index contributed by atoms with van der Waals surface area (Å²) in [7, 11) is 4.97. The van der Waals surface area contributed by atoms with Gasteiger partial charge in [0.15, 0.2) is 18.3 Å². The van der Waals surface area contributed by atoms with Crippen LogP contribution in [0.2, 0.25) is 0 Å². The average molecular weight is 569 g/mol. The van der Waals surface area contributed by atoms with Crippen LogP contribution in [0.25, 0.3) is 11.1 Å². The van der Waals surface area contributed by atoms with Gasteiger partial charge in [-0.05, 0) is 41.3 Å². The topological polar surface area (TPSA) is 115 Å². The molecule has 1 aliphatic carbocycles. The molecule has 3 aromatic carbocycles. The van der Waals surface area contributed by atoms with Gasteiger partial charge < -0.3 is 34.3 Å². The zero-order valence-electron chi connectivity index (χ0n) is 21.4. The number of hydrogen-bond donors (Lipinski definition) is 3. The number of aliphatic hydroxyl groups excluding tert-OH is 1. The van der Waals surface area contributed by atoms with Crippen molar-refractivity contribution in [2.45, 2.75) is 37.0 Å². The molecule has 39 heavy (non-hydrogen) atoms. The number of methoxy groups -OCH3 is 1. The fourth-order valence-corrected chi connectivity index (χ4v) is 8.35. The number of carbonyl (C=O) groups excluding carboxylic acids is 1. The Morgan fingerprint density at radius 2 is 1.92 bits per heavy atom. The van der Waals surface area contributed by atoms with E-state index in [-0.39, 0.29) is 35.9 Å². The van der Waals surface area contributed by atoms with Gasteiger partial charge in [-0.15, -0.1) is 0 Å². The van der Waals surface area contributed by atoms with Crippen molar-refractivity contribution in [2.24, 2.45) is 0 Å². The number of phenols is 2. The lowest BCUT2D eigenvalue weighted by molar-refractivity contribution is -0.141. The third-order valence-electron chi connectivity index (χ3n) is 7.55. The molecule has 0 spiro atoms. The van der Waals surface area contributed by atoms with E-state index in [1.165, 1.54) is 20.1 Å². The van der Waals surface area contributed by atoms with E-state index in [1.807, 2.05) is 18.2 Å². The third-order valence-corrected chi connectivity index (χ3v) is 9.94. The molecule has 0 saturated carbocycles. The first-order valence-electron chi connectivity index (χ1n) is 12.6. The van der Waals surface area contributed by atoms with Crippen molar-refractivity contribution in [3.8, 4) is 39.9 Å². The van der Waals surface area contributed by atoms with E-state index in [0.29, 0.717) is 23.7 Å². The highest BCUT2D eigenvalue weighted by Crippen LogP contribution is 2.58. The van der Waals surface area contributed by atoms with Crippen molar-refractivity contribution in [3.05, 3.63) is 64.2 Å². The number of carbonyl (C=O) groups is 1. The van der Waals surface area contributed by atoms with E-state index >= 15 is 0 Å². The van der Waals surface area contributed by atoms with E-state index < -0.39 is 12.9 Å². The van der Waals surface area contributed by atoms with Gasteiger partial charge in [-0.3, -0.25) is 4.79 Å². The second kappa shape index (κ2) is 10.4. The Balaban J connectivity index is 1.57. The van der Waals surface area contributed by atoms with Crippen LogP contribution in [0.3, 0.4) is 0 Å². The van der Waals surface area contributed by atoms with Gasteiger partial charge >= 0.3 is 5.97 Å². The number of hydrogen-bond acceptors (Lipinski definition) is 10. The molecule has 8 nitrogen and oxygen atoms in total. The van der Waals surface area contributed by atoms with Crippen LogP contribution in [0.15, 0.2) is 36.4 Å². The molecule has 2 bridgehead atoms. The van der Waals surface area contributed by atoms with E-state index in [2.05, 4.69) is 0 Å². The minimum absolute atomic E-state index is 0.0641. The number of rotatable bonds is 5. The Labute approximate surface area is 233 Å². The van der Waals surface area contributed by atoms with Crippen LogP contribution < -0.4 is 14.2 Å². The second-order valence-electron chi connectivity index (χ2n) is 9.81. The maximum atomic E-state index is 11.9. The summed E-state index contributed by atoms with van der Waals surface area (Å²) < 4.78 is 23.4. The molecule has 2 aliphatic heterocycles. The summed E-state index contributed by atoms with van der Waals surface area (Å²) in [5.41, 5.74) is 6.52. The molecule has 0 unspecified atom stereocenters. The Morgan fingerprint density at radius 1 is 1.08 bits per heavy atom. The zero-order chi connectivity index (χ0) is 27.3. The Kier molecular flexibility index (Phi) is 6.95. The summed E-state index contributed by atoms with van der Waals surface area (Å²) in [6.07, 6.45) is 0.196. The summed E-state index contributed by atoms with van der Waals surface area (Å²) in [5, 5.41) is 30.5. The van der Waals surface area contributed by atoms with Crippen molar-refractivity contribution >= 4 is 27.6 Å².